The first kappa shape index (κ1) is 13.4. The van der Waals surface area contributed by atoms with Crippen LogP contribution in [0.5, 0.6) is 0 Å². The minimum Gasteiger partial charge on any atom is -0.396 e. The maximum atomic E-state index is 8.87. The van der Waals surface area contributed by atoms with Crippen molar-refractivity contribution in [1.29, 1.82) is 0 Å². The van der Waals surface area contributed by atoms with Crippen molar-refractivity contribution >= 4 is 5.69 Å². The predicted octanol–water partition coefficient (Wildman–Crippen LogP) is 3.60. The number of benzene rings is 1. The van der Waals surface area contributed by atoms with E-state index in [4.69, 9.17) is 5.11 Å². The summed E-state index contributed by atoms with van der Waals surface area (Å²) in [6.07, 6.45) is 7.14. The monoisotopic (exact) mass is 247 g/mol. The SMILES string of the molecule is CC1CCCC(Nc2cccc(CCCO)c2)C1. The van der Waals surface area contributed by atoms with Crippen LogP contribution < -0.4 is 5.32 Å². The average Bonchev–Trinajstić information content (AvgIpc) is 2.37. The van der Waals surface area contributed by atoms with Crippen LogP contribution in [-0.4, -0.2) is 17.8 Å². The highest BCUT2D eigenvalue weighted by Gasteiger charge is 2.18. The largest absolute Gasteiger partial charge is 0.396 e. The van der Waals surface area contributed by atoms with E-state index >= 15 is 0 Å². The summed E-state index contributed by atoms with van der Waals surface area (Å²) in [5.41, 5.74) is 2.56. The molecule has 1 aromatic carbocycles. The van der Waals surface area contributed by atoms with Gasteiger partial charge in [-0.1, -0.05) is 31.9 Å². The summed E-state index contributed by atoms with van der Waals surface area (Å²) < 4.78 is 0. The third-order valence-electron chi connectivity index (χ3n) is 3.86. The van der Waals surface area contributed by atoms with Gasteiger partial charge in [0.05, 0.1) is 0 Å². The molecule has 0 saturated heterocycles. The van der Waals surface area contributed by atoms with Gasteiger partial charge in [0.25, 0.3) is 0 Å². The van der Waals surface area contributed by atoms with Crippen molar-refractivity contribution in [1.82, 2.24) is 0 Å². The summed E-state index contributed by atoms with van der Waals surface area (Å²) in [4.78, 5) is 0. The van der Waals surface area contributed by atoms with Crippen LogP contribution in [-0.2, 0) is 6.42 Å². The van der Waals surface area contributed by atoms with Crippen LogP contribution in [0.1, 0.15) is 44.6 Å². The summed E-state index contributed by atoms with van der Waals surface area (Å²) in [6, 6.07) is 9.28. The summed E-state index contributed by atoms with van der Waals surface area (Å²) in [5.74, 6) is 0.855. The van der Waals surface area contributed by atoms with Crippen LogP contribution in [0.3, 0.4) is 0 Å². The number of aliphatic hydroxyl groups excluding tert-OH is 1. The Morgan fingerprint density at radius 3 is 3.00 bits per heavy atom. The Labute approximate surface area is 110 Å². The standard InChI is InChI=1S/C16H25NO/c1-13-5-2-8-15(11-13)17-16-9-3-6-14(12-16)7-4-10-18/h3,6,9,12-13,15,17-18H,2,4-5,7-8,10-11H2,1H3. The van der Waals surface area contributed by atoms with E-state index in [9.17, 15) is 0 Å². The lowest BCUT2D eigenvalue weighted by atomic mass is 9.87. The molecule has 0 aromatic heterocycles. The van der Waals surface area contributed by atoms with Gasteiger partial charge in [-0.3, -0.25) is 0 Å². The Kier molecular flexibility index (Phi) is 5.06. The number of rotatable bonds is 5. The third-order valence-corrected chi connectivity index (χ3v) is 3.86. The van der Waals surface area contributed by atoms with Crippen molar-refractivity contribution in [2.24, 2.45) is 5.92 Å². The van der Waals surface area contributed by atoms with Gasteiger partial charge in [0.1, 0.15) is 0 Å². The van der Waals surface area contributed by atoms with E-state index < -0.39 is 0 Å². The summed E-state index contributed by atoms with van der Waals surface area (Å²) in [6.45, 7) is 2.63. The molecule has 1 aliphatic rings. The summed E-state index contributed by atoms with van der Waals surface area (Å²) in [5, 5.41) is 12.5. The lowest BCUT2D eigenvalue weighted by molar-refractivity contribution is 0.288. The lowest BCUT2D eigenvalue weighted by Gasteiger charge is -2.28. The van der Waals surface area contributed by atoms with E-state index in [0.717, 1.165) is 18.8 Å². The molecular weight excluding hydrogens is 222 g/mol. The minimum atomic E-state index is 0.276. The molecule has 18 heavy (non-hydrogen) atoms. The topological polar surface area (TPSA) is 32.3 Å². The van der Waals surface area contributed by atoms with Gasteiger partial charge >= 0.3 is 0 Å². The first-order chi connectivity index (χ1) is 8.78. The molecule has 2 N–H and O–H groups in total. The van der Waals surface area contributed by atoms with E-state index in [1.165, 1.54) is 36.9 Å². The van der Waals surface area contributed by atoms with E-state index in [1.807, 2.05) is 0 Å². The molecule has 1 aromatic rings. The van der Waals surface area contributed by atoms with Crippen LogP contribution in [0.15, 0.2) is 24.3 Å². The van der Waals surface area contributed by atoms with Crippen molar-refractivity contribution in [3.05, 3.63) is 29.8 Å². The molecule has 2 rings (SSSR count). The zero-order valence-electron chi connectivity index (χ0n) is 11.4. The summed E-state index contributed by atoms with van der Waals surface area (Å²) >= 11 is 0. The van der Waals surface area contributed by atoms with Crippen LogP contribution in [0, 0.1) is 5.92 Å². The smallest absolute Gasteiger partial charge is 0.0434 e. The second-order valence-corrected chi connectivity index (χ2v) is 5.64. The molecule has 0 amide bonds. The molecule has 1 saturated carbocycles. The minimum absolute atomic E-state index is 0.276. The quantitative estimate of drug-likeness (QED) is 0.833. The molecule has 2 heteroatoms. The first-order valence-corrected chi connectivity index (χ1v) is 7.24. The highest BCUT2D eigenvalue weighted by Crippen LogP contribution is 2.26. The van der Waals surface area contributed by atoms with E-state index in [2.05, 4.69) is 36.5 Å². The van der Waals surface area contributed by atoms with Crippen LogP contribution in [0.4, 0.5) is 5.69 Å². The molecule has 0 spiro atoms. The van der Waals surface area contributed by atoms with Crippen molar-refractivity contribution in [3.63, 3.8) is 0 Å². The first-order valence-electron chi connectivity index (χ1n) is 7.24. The second-order valence-electron chi connectivity index (χ2n) is 5.64. The molecule has 2 unspecified atom stereocenters. The number of aliphatic hydroxyl groups is 1. The van der Waals surface area contributed by atoms with E-state index in [0.29, 0.717) is 6.04 Å². The van der Waals surface area contributed by atoms with Crippen molar-refractivity contribution in [3.8, 4) is 0 Å². The molecule has 0 heterocycles. The Bertz CT molecular complexity index is 364. The Morgan fingerprint density at radius 2 is 2.22 bits per heavy atom. The van der Waals surface area contributed by atoms with E-state index in [1.54, 1.807) is 0 Å². The molecule has 0 bridgehead atoms. The highest BCUT2D eigenvalue weighted by molar-refractivity contribution is 5.46. The number of hydrogen-bond acceptors (Lipinski definition) is 2. The van der Waals surface area contributed by atoms with E-state index in [-0.39, 0.29) is 6.61 Å². The van der Waals surface area contributed by atoms with Gasteiger partial charge in [-0.2, -0.15) is 0 Å². The van der Waals surface area contributed by atoms with Crippen LogP contribution >= 0.6 is 0 Å². The maximum absolute atomic E-state index is 8.87. The average molecular weight is 247 g/mol. The van der Waals surface area contributed by atoms with Crippen molar-refractivity contribution in [2.45, 2.75) is 51.5 Å². The fourth-order valence-electron chi connectivity index (χ4n) is 2.90. The van der Waals surface area contributed by atoms with Gasteiger partial charge < -0.3 is 10.4 Å². The van der Waals surface area contributed by atoms with Crippen LogP contribution in [0.25, 0.3) is 0 Å². The Balaban J connectivity index is 1.91. The Morgan fingerprint density at radius 1 is 1.33 bits per heavy atom. The van der Waals surface area contributed by atoms with Gasteiger partial charge in [-0.05, 0) is 49.3 Å². The molecule has 2 atom stereocenters. The van der Waals surface area contributed by atoms with Gasteiger partial charge in [0.15, 0.2) is 0 Å². The van der Waals surface area contributed by atoms with Crippen LogP contribution in [0.2, 0.25) is 0 Å². The van der Waals surface area contributed by atoms with Crippen molar-refractivity contribution < 1.29 is 5.11 Å². The summed E-state index contributed by atoms with van der Waals surface area (Å²) in [7, 11) is 0. The molecular formula is C16H25NO. The molecule has 2 nitrogen and oxygen atoms in total. The maximum Gasteiger partial charge on any atom is 0.0434 e. The third kappa shape index (κ3) is 4.02. The number of aryl methyl sites for hydroxylation is 1. The second kappa shape index (κ2) is 6.79. The normalized spacial score (nSPS) is 23.9. The van der Waals surface area contributed by atoms with Gasteiger partial charge in [-0.15, -0.1) is 0 Å². The molecule has 0 aliphatic heterocycles. The number of anilines is 1. The predicted molar refractivity (Wildman–Crippen MR) is 76.9 cm³/mol. The molecule has 1 fully saturated rings. The number of nitrogens with one attached hydrogen (secondary N) is 1. The fraction of sp³-hybridized carbons (Fsp3) is 0.625. The molecule has 100 valence electrons. The zero-order chi connectivity index (χ0) is 12.8. The highest BCUT2D eigenvalue weighted by atomic mass is 16.2. The van der Waals surface area contributed by atoms with Gasteiger partial charge in [0.2, 0.25) is 0 Å². The number of hydrogen-bond donors (Lipinski definition) is 2. The fourth-order valence-corrected chi connectivity index (χ4v) is 2.90. The lowest BCUT2D eigenvalue weighted by Crippen LogP contribution is -2.26. The Hall–Kier alpha value is -1.02. The molecule has 1 aliphatic carbocycles. The van der Waals surface area contributed by atoms with Gasteiger partial charge in [0, 0.05) is 18.3 Å². The van der Waals surface area contributed by atoms with Gasteiger partial charge in [-0.25, -0.2) is 0 Å². The molecule has 0 radical (unpaired) electrons. The zero-order valence-corrected chi connectivity index (χ0v) is 11.4. The van der Waals surface area contributed by atoms with Crippen molar-refractivity contribution in [2.75, 3.05) is 11.9 Å².